The Labute approximate surface area is 123 Å². The van der Waals surface area contributed by atoms with E-state index in [0.717, 1.165) is 50.3 Å². The minimum Gasteiger partial charge on any atom is -0.369 e. The van der Waals surface area contributed by atoms with Crippen LogP contribution in [0.2, 0.25) is 0 Å². The van der Waals surface area contributed by atoms with Crippen molar-refractivity contribution in [3.63, 3.8) is 0 Å². The molecule has 0 bridgehead atoms. The molecule has 1 aromatic carbocycles. The Morgan fingerprint density at radius 1 is 1.14 bits per heavy atom. The van der Waals surface area contributed by atoms with Crippen molar-refractivity contribution >= 4 is 5.69 Å². The molecule has 3 N–H and O–H groups in total. The van der Waals surface area contributed by atoms with Crippen LogP contribution in [0.15, 0.2) is 18.2 Å². The first-order valence-electron chi connectivity index (χ1n) is 7.38. The molecule has 0 spiro atoms. The van der Waals surface area contributed by atoms with E-state index in [1.54, 1.807) is 6.07 Å². The van der Waals surface area contributed by atoms with Crippen LogP contribution in [-0.2, 0) is 12.6 Å². The van der Waals surface area contributed by atoms with Crippen molar-refractivity contribution in [1.82, 2.24) is 5.32 Å². The molecule has 1 aliphatic rings. The molecule has 1 aromatic rings. The predicted octanol–water partition coefficient (Wildman–Crippen LogP) is 2.40. The summed E-state index contributed by atoms with van der Waals surface area (Å²) in [6.07, 6.45) is -2.00. The largest absolute Gasteiger partial charge is 0.416 e. The van der Waals surface area contributed by atoms with Gasteiger partial charge in [-0.1, -0.05) is 0 Å². The van der Waals surface area contributed by atoms with E-state index in [4.69, 9.17) is 5.73 Å². The van der Waals surface area contributed by atoms with Gasteiger partial charge >= 0.3 is 6.18 Å². The van der Waals surface area contributed by atoms with Gasteiger partial charge in [-0.25, -0.2) is 0 Å². The zero-order valence-electron chi connectivity index (χ0n) is 12.0. The van der Waals surface area contributed by atoms with Crippen LogP contribution in [0, 0.1) is 0 Å². The van der Waals surface area contributed by atoms with Crippen LogP contribution in [-0.4, -0.2) is 32.7 Å². The second-order valence-corrected chi connectivity index (χ2v) is 5.32. The molecule has 1 fully saturated rings. The summed E-state index contributed by atoms with van der Waals surface area (Å²) in [7, 11) is 0. The third kappa shape index (κ3) is 4.35. The first-order valence-corrected chi connectivity index (χ1v) is 7.38. The Morgan fingerprint density at radius 3 is 2.48 bits per heavy atom. The highest BCUT2D eigenvalue weighted by Gasteiger charge is 2.31. The maximum absolute atomic E-state index is 12.9. The summed E-state index contributed by atoms with van der Waals surface area (Å²) in [5.74, 6) is 0. The molecular weight excluding hydrogens is 279 g/mol. The number of aryl methyl sites for hydroxylation is 1. The lowest BCUT2D eigenvalue weighted by atomic mass is 10.0. The van der Waals surface area contributed by atoms with E-state index in [0.29, 0.717) is 13.0 Å². The van der Waals surface area contributed by atoms with Gasteiger partial charge in [-0.2, -0.15) is 13.2 Å². The monoisotopic (exact) mass is 301 g/mol. The maximum Gasteiger partial charge on any atom is 0.416 e. The molecule has 0 aromatic heterocycles. The van der Waals surface area contributed by atoms with Crippen molar-refractivity contribution in [2.75, 3.05) is 37.6 Å². The molecule has 0 saturated carbocycles. The molecule has 21 heavy (non-hydrogen) atoms. The van der Waals surface area contributed by atoms with Gasteiger partial charge in [-0.05, 0) is 49.6 Å². The molecule has 0 aliphatic carbocycles. The lowest BCUT2D eigenvalue weighted by molar-refractivity contribution is -0.137. The summed E-state index contributed by atoms with van der Waals surface area (Å²) in [5, 5.41) is 3.25. The number of piperazine rings is 1. The minimum atomic E-state index is -4.29. The van der Waals surface area contributed by atoms with Crippen LogP contribution in [0.25, 0.3) is 0 Å². The van der Waals surface area contributed by atoms with Crippen LogP contribution in [0.1, 0.15) is 24.0 Å². The molecule has 118 valence electrons. The van der Waals surface area contributed by atoms with Crippen molar-refractivity contribution < 1.29 is 13.2 Å². The molecule has 2 rings (SSSR count). The number of unbranched alkanes of at least 4 members (excludes halogenated alkanes) is 1. The number of nitrogens with two attached hydrogens (primary N) is 1. The normalized spacial score (nSPS) is 16.3. The highest BCUT2D eigenvalue weighted by Crippen LogP contribution is 2.33. The van der Waals surface area contributed by atoms with Crippen LogP contribution in [0.3, 0.4) is 0 Å². The number of hydrogen-bond donors (Lipinski definition) is 2. The summed E-state index contributed by atoms with van der Waals surface area (Å²) in [6.45, 7) is 3.96. The van der Waals surface area contributed by atoms with Gasteiger partial charge in [0.15, 0.2) is 0 Å². The number of nitrogens with one attached hydrogen (secondary N) is 1. The lowest BCUT2D eigenvalue weighted by Gasteiger charge is -2.31. The number of rotatable bonds is 5. The number of hydrogen-bond acceptors (Lipinski definition) is 3. The van der Waals surface area contributed by atoms with Gasteiger partial charge in [-0.15, -0.1) is 0 Å². The van der Waals surface area contributed by atoms with E-state index in [9.17, 15) is 13.2 Å². The summed E-state index contributed by atoms with van der Waals surface area (Å²) in [5.41, 5.74) is 6.62. The van der Waals surface area contributed by atoms with E-state index >= 15 is 0 Å². The van der Waals surface area contributed by atoms with Crippen molar-refractivity contribution in [3.8, 4) is 0 Å². The van der Waals surface area contributed by atoms with Crippen molar-refractivity contribution in [1.29, 1.82) is 0 Å². The Balaban J connectivity index is 2.24. The predicted molar refractivity (Wildman–Crippen MR) is 78.5 cm³/mol. The van der Waals surface area contributed by atoms with Gasteiger partial charge in [-0.3, -0.25) is 0 Å². The third-order valence-corrected chi connectivity index (χ3v) is 3.76. The fourth-order valence-corrected chi connectivity index (χ4v) is 2.64. The van der Waals surface area contributed by atoms with Gasteiger partial charge in [0.25, 0.3) is 0 Å². The minimum absolute atomic E-state index is 0.566. The molecule has 3 nitrogen and oxygen atoms in total. The van der Waals surface area contributed by atoms with Crippen molar-refractivity contribution in [2.45, 2.75) is 25.4 Å². The summed E-state index contributed by atoms with van der Waals surface area (Å²) in [6, 6.07) is 4.10. The van der Waals surface area contributed by atoms with Gasteiger partial charge in [0.2, 0.25) is 0 Å². The van der Waals surface area contributed by atoms with Crippen LogP contribution >= 0.6 is 0 Å². The number of alkyl halides is 3. The fourth-order valence-electron chi connectivity index (χ4n) is 2.64. The molecule has 0 atom stereocenters. The molecule has 1 aliphatic heterocycles. The fraction of sp³-hybridized carbons (Fsp3) is 0.600. The molecule has 0 unspecified atom stereocenters. The average molecular weight is 301 g/mol. The van der Waals surface area contributed by atoms with E-state index in [1.807, 2.05) is 0 Å². The topological polar surface area (TPSA) is 41.3 Å². The number of nitrogens with zero attached hydrogens (tertiary/aromatic N) is 1. The average Bonchev–Trinajstić information content (AvgIpc) is 2.47. The van der Waals surface area contributed by atoms with Gasteiger partial charge < -0.3 is 16.0 Å². The zero-order valence-corrected chi connectivity index (χ0v) is 12.0. The summed E-state index contributed by atoms with van der Waals surface area (Å²) in [4.78, 5) is 2.16. The zero-order chi connectivity index (χ0) is 15.3. The first-order chi connectivity index (χ1) is 10.0. The van der Waals surface area contributed by atoms with Crippen molar-refractivity contribution in [2.24, 2.45) is 5.73 Å². The molecule has 0 radical (unpaired) electrons. The Kier molecular flexibility index (Phi) is 5.47. The summed E-state index contributed by atoms with van der Waals surface area (Å²) < 4.78 is 38.7. The molecule has 0 amide bonds. The van der Waals surface area contributed by atoms with Crippen LogP contribution in [0.4, 0.5) is 18.9 Å². The van der Waals surface area contributed by atoms with Crippen molar-refractivity contribution in [3.05, 3.63) is 29.3 Å². The smallest absolute Gasteiger partial charge is 0.369 e. The quantitative estimate of drug-likeness (QED) is 0.821. The Bertz CT molecular complexity index is 454. The first kappa shape index (κ1) is 16.1. The van der Waals surface area contributed by atoms with E-state index in [-0.39, 0.29) is 0 Å². The second-order valence-electron chi connectivity index (χ2n) is 5.32. The standard InChI is InChI=1S/C15H22F3N3/c16-15(17,18)13-4-5-14(21-9-7-20-8-10-21)12(11-13)3-1-2-6-19/h4-5,11,20H,1-3,6-10,19H2. The van der Waals surface area contributed by atoms with Gasteiger partial charge in [0.1, 0.15) is 0 Å². The number of halogens is 3. The molecule has 6 heteroatoms. The number of anilines is 1. The van der Waals surface area contributed by atoms with Gasteiger partial charge in [0, 0.05) is 31.9 Å². The SMILES string of the molecule is NCCCCc1cc(C(F)(F)F)ccc1N1CCNCC1. The van der Waals surface area contributed by atoms with E-state index in [2.05, 4.69) is 10.2 Å². The number of benzene rings is 1. The summed E-state index contributed by atoms with van der Waals surface area (Å²) >= 11 is 0. The third-order valence-electron chi connectivity index (χ3n) is 3.76. The second kappa shape index (κ2) is 7.13. The Hall–Kier alpha value is -1.27. The Morgan fingerprint density at radius 2 is 1.86 bits per heavy atom. The maximum atomic E-state index is 12.9. The van der Waals surface area contributed by atoms with Crippen LogP contribution in [0.5, 0.6) is 0 Å². The lowest BCUT2D eigenvalue weighted by Crippen LogP contribution is -2.43. The van der Waals surface area contributed by atoms with Crippen LogP contribution < -0.4 is 16.0 Å². The van der Waals surface area contributed by atoms with E-state index < -0.39 is 11.7 Å². The van der Waals surface area contributed by atoms with Gasteiger partial charge in [0.05, 0.1) is 5.56 Å². The molecule has 1 saturated heterocycles. The van der Waals surface area contributed by atoms with E-state index in [1.165, 1.54) is 12.1 Å². The molecular formula is C15H22F3N3. The molecule has 1 heterocycles. The highest BCUT2D eigenvalue weighted by molar-refractivity contribution is 5.56. The highest BCUT2D eigenvalue weighted by atomic mass is 19.4.